The highest BCUT2D eigenvalue weighted by molar-refractivity contribution is 5.71. The van der Waals surface area contributed by atoms with Crippen LogP contribution in [-0.4, -0.2) is 6.61 Å². The van der Waals surface area contributed by atoms with Gasteiger partial charge in [-0.15, -0.1) is 0 Å². The molecular weight excluding hydrogens is 383 g/mol. The van der Waals surface area contributed by atoms with E-state index in [1.807, 2.05) is 48.5 Å². The van der Waals surface area contributed by atoms with E-state index in [9.17, 15) is 4.39 Å². The normalized spacial score (nSPS) is 10.9. The van der Waals surface area contributed by atoms with Gasteiger partial charge in [-0.2, -0.15) is 0 Å². The first-order valence-corrected chi connectivity index (χ1v) is 11.8. The lowest BCUT2D eigenvalue weighted by Crippen LogP contribution is -1.97. The maximum atomic E-state index is 14.9. The monoisotopic (exact) mass is 418 g/mol. The van der Waals surface area contributed by atoms with Crippen LogP contribution < -0.4 is 4.74 Å². The Labute approximate surface area is 187 Å². The van der Waals surface area contributed by atoms with E-state index in [4.69, 9.17) is 4.74 Å². The summed E-state index contributed by atoms with van der Waals surface area (Å²) in [5.41, 5.74) is 4.77. The second-order valence-corrected chi connectivity index (χ2v) is 8.28. The lowest BCUT2D eigenvalue weighted by molar-refractivity contribution is 0.305. The molecule has 0 bridgehead atoms. The SMILES string of the molecule is CCCCCCOc1ccc(-c2ccc(-c3ccc(CCCCC)cc3)c(F)c2)cc1. The number of unbranched alkanes of at least 4 members (excludes halogenated alkanes) is 5. The van der Waals surface area contributed by atoms with Gasteiger partial charge in [-0.25, -0.2) is 4.39 Å². The molecule has 0 fully saturated rings. The molecule has 0 heterocycles. The Bertz CT molecular complexity index is 912. The molecule has 31 heavy (non-hydrogen) atoms. The quantitative estimate of drug-likeness (QED) is 0.267. The molecule has 0 N–H and O–H groups in total. The summed E-state index contributed by atoms with van der Waals surface area (Å²) in [5.74, 6) is 0.684. The third-order valence-electron chi connectivity index (χ3n) is 5.76. The summed E-state index contributed by atoms with van der Waals surface area (Å²) in [6, 6.07) is 21.8. The van der Waals surface area contributed by atoms with Crippen molar-refractivity contribution >= 4 is 0 Å². The van der Waals surface area contributed by atoms with Crippen molar-refractivity contribution in [2.24, 2.45) is 0 Å². The third-order valence-corrected chi connectivity index (χ3v) is 5.76. The Morgan fingerprint density at radius 2 is 1.29 bits per heavy atom. The molecule has 0 aliphatic carbocycles. The van der Waals surface area contributed by atoms with Crippen LogP contribution in [0.25, 0.3) is 22.3 Å². The molecule has 164 valence electrons. The summed E-state index contributed by atoms with van der Waals surface area (Å²) in [6.45, 7) is 5.17. The number of rotatable bonds is 12. The average molecular weight is 419 g/mol. The zero-order chi connectivity index (χ0) is 21.9. The summed E-state index contributed by atoms with van der Waals surface area (Å²) >= 11 is 0. The molecule has 2 heteroatoms. The maximum Gasteiger partial charge on any atom is 0.131 e. The number of halogens is 1. The average Bonchev–Trinajstić information content (AvgIpc) is 2.80. The van der Waals surface area contributed by atoms with Crippen LogP contribution in [0.1, 0.15) is 64.4 Å². The van der Waals surface area contributed by atoms with Crippen molar-refractivity contribution in [2.75, 3.05) is 6.61 Å². The Morgan fingerprint density at radius 1 is 0.645 bits per heavy atom. The van der Waals surface area contributed by atoms with E-state index in [1.165, 1.54) is 44.1 Å². The molecule has 0 spiro atoms. The van der Waals surface area contributed by atoms with Crippen molar-refractivity contribution in [3.05, 3.63) is 78.1 Å². The molecule has 0 saturated heterocycles. The van der Waals surface area contributed by atoms with Gasteiger partial charge in [-0.05, 0) is 59.7 Å². The zero-order valence-corrected chi connectivity index (χ0v) is 19.0. The number of benzene rings is 3. The first kappa shape index (κ1) is 23.1. The minimum atomic E-state index is -0.188. The van der Waals surface area contributed by atoms with Crippen LogP contribution in [0.4, 0.5) is 4.39 Å². The fourth-order valence-electron chi connectivity index (χ4n) is 3.82. The van der Waals surface area contributed by atoms with Crippen LogP contribution >= 0.6 is 0 Å². The van der Waals surface area contributed by atoms with E-state index in [1.54, 1.807) is 6.07 Å². The largest absolute Gasteiger partial charge is 0.494 e. The van der Waals surface area contributed by atoms with E-state index < -0.39 is 0 Å². The lowest BCUT2D eigenvalue weighted by Gasteiger charge is -2.10. The predicted molar refractivity (Wildman–Crippen MR) is 130 cm³/mol. The summed E-state index contributed by atoms with van der Waals surface area (Å²) in [7, 11) is 0. The van der Waals surface area contributed by atoms with Crippen molar-refractivity contribution in [1.82, 2.24) is 0 Å². The van der Waals surface area contributed by atoms with Crippen molar-refractivity contribution in [1.29, 1.82) is 0 Å². The van der Waals surface area contributed by atoms with Gasteiger partial charge in [-0.3, -0.25) is 0 Å². The van der Waals surface area contributed by atoms with Gasteiger partial charge in [0.15, 0.2) is 0 Å². The minimum absolute atomic E-state index is 0.188. The summed E-state index contributed by atoms with van der Waals surface area (Å²) in [6.07, 6.45) is 9.56. The molecule has 0 aliphatic rings. The first-order chi connectivity index (χ1) is 15.2. The van der Waals surface area contributed by atoms with Gasteiger partial charge < -0.3 is 4.74 Å². The van der Waals surface area contributed by atoms with Crippen molar-refractivity contribution in [3.8, 4) is 28.0 Å². The van der Waals surface area contributed by atoms with Crippen molar-refractivity contribution in [3.63, 3.8) is 0 Å². The molecule has 0 unspecified atom stereocenters. The molecular formula is C29H35FO. The minimum Gasteiger partial charge on any atom is -0.494 e. The van der Waals surface area contributed by atoms with E-state index in [0.717, 1.165) is 41.9 Å². The predicted octanol–water partition coefficient (Wildman–Crippen LogP) is 8.85. The smallest absolute Gasteiger partial charge is 0.131 e. The molecule has 0 aromatic heterocycles. The third kappa shape index (κ3) is 6.95. The number of hydrogen-bond donors (Lipinski definition) is 0. The highest BCUT2D eigenvalue weighted by Crippen LogP contribution is 2.29. The van der Waals surface area contributed by atoms with Crippen LogP contribution in [0.15, 0.2) is 66.7 Å². The van der Waals surface area contributed by atoms with Gasteiger partial charge in [0.05, 0.1) is 6.61 Å². The summed E-state index contributed by atoms with van der Waals surface area (Å²) < 4.78 is 20.7. The van der Waals surface area contributed by atoms with Gasteiger partial charge in [0, 0.05) is 5.56 Å². The van der Waals surface area contributed by atoms with E-state index in [0.29, 0.717) is 5.56 Å². The second-order valence-electron chi connectivity index (χ2n) is 8.28. The van der Waals surface area contributed by atoms with E-state index in [-0.39, 0.29) is 5.82 Å². The van der Waals surface area contributed by atoms with Crippen LogP contribution in [0.3, 0.4) is 0 Å². The number of ether oxygens (including phenoxy) is 1. The Morgan fingerprint density at radius 3 is 1.97 bits per heavy atom. The number of hydrogen-bond acceptors (Lipinski definition) is 1. The fraction of sp³-hybridized carbons (Fsp3) is 0.379. The van der Waals surface area contributed by atoms with Gasteiger partial charge in [0.25, 0.3) is 0 Å². The Kier molecular flexibility index (Phi) is 9.15. The van der Waals surface area contributed by atoms with Crippen LogP contribution in [0.5, 0.6) is 5.75 Å². The molecule has 0 aliphatic heterocycles. The molecule has 3 aromatic rings. The van der Waals surface area contributed by atoms with Crippen molar-refractivity contribution < 1.29 is 9.13 Å². The van der Waals surface area contributed by atoms with Crippen molar-refractivity contribution in [2.45, 2.75) is 65.2 Å². The van der Waals surface area contributed by atoms with Crippen LogP contribution in [0.2, 0.25) is 0 Å². The first-order valence-electron chi connectivity index (χ1n) is 11.8. The maximum absolute atomic E-state index is 14.9. The van der Waals surface area contributed by atoms with Crippen LogP contribution in [0, 0.1) is 5.82 Å². The summed E-state index contributed by atoms with van der Waals surface area (Å²) in [5, 5.41) is 0. The molecule has 0 atom stereocenters. The Balaban J connectivity index is 1.62. The standard InChI is InChI=1S/C29H35FO/c1-3-5-7-9-21-31-27-18-15-24(16-19-27)26-17-20-28(29(30)22-26)25-13-11-23(12-14-25)10-8-6-4-2/h11-20,22H,3-10,21H2,1-2H3. The highest BCUT2D eigenvalue weighted by Gasteiger charge is 2.08. The lowest BCUT2D eigenvalue weighted by atomic mass is 9.98. The number of aryl methyl sites for hydroxylation is 1. The zero-order valence-electron chi connectivity index (χ0n) is 19.0. The van der Waals surface area contributed by atoms with Crippen LogP contribution in [-0.2, 0) is 6.42 Å². The van der Waals surface area contributed by atoms with Gasteiger partial charge in [0.2, 0.25) is 0 Å². The van der Waals surface area contributed by atoms with E-state index in [2.05, 4.69) is 26.0 Å². The van der Waals surface area contributed by atoms with Gasteiger partial charge in [0.1, 0.15) is 11.6 Å². The summed E-state index contributed by atoms with van der Waals surface area (Å²) in [4.78, 5) is 0. The van der Waals surface area contributed by atoms with Gasteiger partial charge >= 0.3 is 0 Å². The fourth-order valence-corrected chi connectivity index (χ4v) is 3.82. The van der Waals surface area contributed by atoms with Gasteiger partial charge in [-0.1, -0.05) is 94.5 Å². The topological polar surface area (TPSA) is 9.23 Å². The second kappa shape index (κ2) is 12.3. The molecule has 0 saturated carbocycles. The molecule has 0 amide bonds. The molecule has 0 radical (unpaired) electrons. The Hall–Kier alpha value is -2.61. The molecule has 3 aromatic carbocycles. The highest BCUT2D eigenvalue weighted by atomic mass is 19.1. The van der Waals surface area contributed by atoms with E-state index >= 15 is 0 Å². The molecule has 3 rings (SSSR count). The molecule has 1 nitrogen and oxygen atoms in total.